The van der Waals surface area contributed by atoms with Gasteiger partial charge >= 0.3 is 0 Å². The molecule has 7 nitrogen and oxygen atoms in total. The number of carbonyl (C=O) groups excluding carboxylic acids is 1. The van der Waals surface area contributed by atoms with Crippen molar-refractivity contribution < 1.29 is 14.1 Å². The van der Waals surface area contributed by atoms with Gasteiger partial charge in [0.1, 0.15) is 17.2 Å². The Hall–Kier alpha value is -3.22. The predicted molar refractivity (Wildman–Crippen MR) is 107 cm³/mol. The molecule has 0 atom stereocenters. The minimum Gasteiger partial charge on any atom is -0.437 e. The van der Waals surface area contributed by atoms with Gasteiger partial charge in [0.15, 0.2) is 0 Å². The standard InChI is InChI=1S/C22H24N4O3/c1-15-19(16(2)29-25-15)14-20(27)26-12-8-17(9-13-26)21-22(24-11-10-23-21)28-18-6-4-3-5-7-18/h3-7,10-11,17H,8-9,12-14H2,1-2H3. The Kier molecular flexibility index (Phi) is 5.55. The second-order valence-corrected chi connectivity index (χ2v) is 7.30. The fraction of sp³-hybridized carbons (Fsp3) is 0.364. The molecule has 0 N–H and O–H groups in total. The number of likely N-dealkylation sites (tertiary alicyclic amines) is 1. The zero-order valence-corrected chi connectivity index (χ0v) is 16.7. The first-order valence-corrected chi connectivity index (χ1v) is 9.85. The zero-order valence-electron chi connectivity index (χ0n) is 16.7. The smallest absolute Gasteiger partial charge is 0.241 e. The number of nitrogens with zero attached hydrogens (tertiary/aromatic N) is 4. The maximum Gasteiger partial charge on any atom is 0.241 e. The highest BCUT2D eigenvalue weighted by Gasteiger charge is 2.28. The summed E-state index contributed by atoms with van der Waals surface area (Å²) in [5.41, 5.74) is 2.53. The van der Waals surface area contributed by atoms with Crippen LogP contribution in [0.3, 0.4) is 0 Å². The molecule has 4 rings (SSSR count). The average Bonchev–Trinajstić information content (AvgIpc) is 3.07. The maximum absolute atomic E-state index is 12.7. The fourth-order valence-corrected chi connectivity index (χ4v) is 3.71. The molecule has 2 aromatic heterocycles. The molecule has 1 fully saturated rings. The number of benzene rings is 1. The van der Waals surface area contributed by atoms with Crippen molar-refractivity contribution in [2.45, 2.75) is 39.0 Å². The lowest BCUT2D eigenvalue weighted by molar-refractivity contribution is -0.131. The number of para-hydroxylation sites is 1. The van der Waals surface area contributed by atoms with Crippen molar-refractivity contribution in [3.63, 3.8) is 0 Å². The summed E-state index contributed by atoms with van der Waals surface area (Å²) in [5.74, 6) is 2.32. The third-order valence-corrected chi connectivity index (χ3v) is 5.39. The summed E-state index contributed by atoms with van der Waals surface area (Å²) in [7, 11) is 0. The number of hydrogen-bond acceptors (Lipinski definition) is 6. The molecule has 3 aromatic rings. The Balaban J connectivity index is 1.40. The molecule has 1 amide bonds. The van der Waals surface area contributed by atoms with Gasteiger partial charge in [-0.3, -0.25) is 9.78 Å². The van der Waals surface area contributed by atoms with Crippen molar-refractivity contribution in [2.24, 2.45) is 0 Å². The average molecular weight is 392 g/mol. The van der Waals surface area contributed by atoms with E-state index in [1.807, 2.05) is 49.1 Å². The van der Waals surface area contributed by atoms with E-state index < -0.39 is 0 Å². The van der Waals surface area contributed by atoms with Crippen LogP contribution in [-0.4, -0.2) is 39.0 Å². The quantitative estimate of drug-likeness (QED) is 0.656. The van der Waals surface area contributed by atoms with Gasteiger partial charge in [-0.25, -0.2) is 4.98 Å². The number of carbonyl (C=O) groups is 1. The molecule has 1 aliphatic heterocycles. The highest BCUT2D eigenvalue weighted by Crippen LogP contribution is 2.33. The molecule has 1 aromatic carbocycles. The second kappa shape index (κ2) is 8.43. The number of hydrogen-bond donors (Lipinski definition) is 0. The van der Waals surface area contributed by atoms with E-state index in [1.54, 1.807) is 12.4 Å². The Labute approximate surface area is 169 Å². The van der Waals surface area contributed by atoms with Crippen molar-refractivity contribution in [1.29, 1.82) is 0 Å². The topological polar surface area (TPSA) is 81.4 Å². The van der Waals surface area contributed by atoms with Crippen LogP contribution >= 0.6 is 0 Å². The summed E-state index contributed by atoms with van der Waals surface area (Å²) in [6.07, 6.45) is 5.33. The first-order chi connectivity index (χ1) is 14.1. The summed E-state index contributed by atoms with van der Waals surface area (Å²) in [6, 6.07) is 9.59. The molecule has 0 spiro atoms. The predicted octanol–water partition coefficient (Wildman–Crippen LogP) is 3.82. The molecule has 0 aliphatic carbocycles. The SMILES string of the molecule is Cc1noc(C)c1CC(=O)N1CCC(c2nccnc2Oc2ccccc2)CC1. The van der Waals surface area contributed by atoms with Crippen LogP contribution in [0.1, 0.15) is 41.5 Å². The summed E-state index contributed by atoms with van der Waals surface area (Å²) >= 11 is 0. The molecule has 3 heterocycles. The minimum atomic E-state index is 0.109. The van der Waals surface area contributed by atoms with Gasteiger partial charge < -0.3 is 14.2 Å². The first-order valence-electron chi connectivity index (χ1n) is 9.85. The van der Waals surface area contributed by atoms with Gasteiger partial charge in [-0.05, 0) is 38.8 Å². The molecule has 29 heavy (non-hydrogen) atoms. The van der Waals surface area contributed by atoms with Crippen molar-refractivity contribution in [3.05, 3.63) is 65.4 Å². The van der Waals surface area contributed by atoms with E-state index in [-0.39, 0.29) is 11.8 Å². The third kappa shape index (κ3) is 4.29. The molecular formula is C22H24N4O3. The second-order valence-electron chi connectivity index (χ2n) is 7.30. The van der Waals surface area contributed by atoms with E-state index in [1.165, 1.54) is 0 Å². The lowest BCUT2D eigenvalue weighted by atomic mass is 9.93. The van der Waals surface area contributed by atoms with Crippen LogP contribution in [0.15, 0.2) is 47.2 Å². The lowest BCUT2D eigenvalue weighted by Crippen LogP contribution is -2.39. The van der Waals surface area contributed by atoms with E-state index >= 15 is 0 Å². The number of aromatic nitrogens is 3. The molecule has 7 heteroatoms. The van der Waals surface area contributed by atoms with Crippen LogP contribution in [0, 0.1) is 13.8 Å². The Morgan fingerprint density at radius 2 is 1.86 bits per heavy atom. The summed E-state index contributed by atoms with van der Waals surface area (Å²) in [5, 5.41) is 3.94. The van der Waals surface area contributed by atoms with Crippen molar-refractivity contribution >= 4 is 5.91 Å². The molecule has 1 aliphatic rings. The van der Waals surface area contributed by atoms with Gasteiger partial charge in [0.05, 0.1) is 12.1 Å². The Morgan fingerprint density at radius 1 is 1.14 bits per heavy atom. The van der Waals surface area contributed by atoms with Gasteiger partial charge in [0, 0.05) is 37.0 Å². The van der Waals surface area contributed by atoms with Crippen LogP contribution in [0.5, 0.6) is 11.6 Å². The fourth-order valence-electron chi connectivity index (χ4n) is 3.71. The van der Waals surface area contributed by atoms with Gasteiger partial charge in [-0.15, -0.1) is 0 Å². The Morgan fingerprint density at radius 3 is 2.55 bits per heavy atom. The van der Waals surface area contributed by atoms with E-state index in [0.29, 0.717) is 31.2 Å². The highest BCUT2D eigenvalue weighted by atomic mass is 16.5. The minimum absolute atomic E-state index is 0.109. The van der Waals surface area contributed by atoms with E-state index in [2.05, 4.69) is 15.1 Å². The molecular weight excluding hydrogens is 368 g/mol. The molecule has 150 valence electrons. The van der Waals surface area contributed by atoms with Crippen molar-refractivity contribution in [3.8, 4) is 11.6 Å². The van der Waals surface area contributed by atoms with E-state index in [0.717, 1.165) is 35.5 Å². The van der Waals surface area contributed by atoms with E-state index in [4.69, 9.17) is 9.26 Å². The third-order valence-electron chi connectivity index (χ3n) is 5.39. The molecule has 0 bridgehead atoms. The van der Waals surface area contributed by atoms with Crippen molar-refractivity contribution in [1.82, 2.24) is 20.0 Å². The number of amides is 1. The van der Waals surface area contributed by atoms with Crippen LogP contribution in [0.25, 0.3) is 0 Å². The lowest BCUT2D eigenvalue weighted by Gasteiger charge is -2.32. The number of ether oxygens (including phenoxy) is 1. The highest BCUT2D eigenvalue weighted by molar-refractivity contribution is 5.79. The van der Waals surface area contributed by atoms with Crippen LogP contribution in [-0.2, 0) is 11.2 Å². The monoisotopic (exact) mass is 392 g/mol. The number of rotatable bonds is 5. The molecule has 0 saturated carbocycles. The van der Waals surface area contributed by atoms with Gasteiger partial charge in [0.2, 0.25) is 11.8 Å². The van der Waals surface area contributed by atoms with Gasteiger partial charge in [-0.2, -0.15) is 0 Å². The summed E-state index contributed by atoms with van der Waals surface area (Å²) in [4.78, 5) is 23.6. The number of aryl methyl sites for hydroxylation is 2. The Bertz CT molecular complexity index is 959. The largest absolute Gasteiger partial charge is 0.437 e. The van der Waals surface area contributed by atoms with Crippen LogP contribution < -0.4 is 4.74 Å². The normalized spacial score (nSPS) is 14.8. The zero-order chi connectivity index (χ0) is 20.2. The molecule has 1 saturated heterocycles. The summed E-state index contributed by atoms with van der Waals surface area (Å²) in [6.45, 7) is 5.09. The van der Waals surface area contributed by atoms with Crippen molar-refractivity contribution in [2.75, 3.05) is 13.1 Å². The van der Waals surface area contributed by atoms with Gasteiger partial charge in [-0.1, -0.05) is 23.4 Å². The maximum atomic E-state index is 12.7. The molecule has 0 radical (unpaired) electrons. The summed E-state index contributed by atoms with van der Waals surface area (Å²) < 4.78 is 11.1. The van der Waals surface area contributed by atoms with Crippen LogP contribution in [0.2, 0.25) is 0 Å². The number of piperidine rings is 1. The van der Waals surface area contributed by atoms with E-state index in [9.17, 15) is 4.79 Å². The van der Waals surface area contributed by atoms with Gasteiger partial charge in [0.25, 0.3) is 0 Å². The first kappa shape index (κ1) is 19.1. The van der Waals surface area contributed by atoms with Crippen LogP contribution in [0.4, 0.5) is 0 Å². The molecule has 0 unspecified atom stereocenters.